The highest BCUT2D eigenvalue weighted by atomic mass is 32.1. The van der Waals surface area contributed by atoms with Gasteiger partial charge in [0.2, 0.25) is 5.82 Å². The van der Waals surface area contributed by atoms with E-state index in [9.17, 15) is 0 Å². The number of anilines is 1. The molecule has 1 N–H and O–H groups in total. The Balaban J connectivity index is 2.45. The first-order chi connectivity index (χ1) is 9.61. The summed E-state index contributed by atoms with van der Waals surface area (Å²) in [7, 11) is 3.53. The number of aryl methyl sites for hydroxylation is 1. The van der Waals surface area contributed by atoms with Crippen LogP contribution in [0.15, 0.2) is 4.52 Å². The summed E-state index contributed by atoms with van der Waals surface area (Å²) in [5, 5.41) is 8.14. The second kappa shape index (κ2) is 5.88. The van der Waals surface area contributed by atoms with Crippen LogP contribution in [0.4, 0.5) is 5.00 Å². The summed E-state index contributed by atoms with van der Waals surface area (Å²) in [4.78, 5) is 4.53. The van der Waals surface area contributed by atoms with Gasteiger partial charge in [0, 0.05) is 14.2 Å². The number of aromatic nitrogens is 3. The van der Waals surface area contributed by atoms with E-state index in [2.05, 4.69) is 33.7 Å². The fraction of sp³-hybridized carbons (Fsp3) is 0.615. The highest BCUT2D eigenvalue weighted by Crippen LogP contribution is 2.36. The smallest absolute Gasteiger partial charge is 0.262 e. The lowest BCUT2D eigenvalue weighted by molar-refractivity contribution is -0.0306. The van der Waals surface area contributed by atoms with Gasteiger partial charge in [0.05, 0.1) is 11.3 Å². The minimum absolute atomic E-state index is 0.485. The van der Waals surface area contributed by atoms with E-state index in [1.54, 1.807) is 7.11 Å². The molecule has 2 aromatic heterocycles. The highest BCUT2D eigenvalue weighted by molar-refractivity contribution is 7.10. The Hall–Kier alpha value is -1.47. The van der Waals surface area contributed by atoms with Gasteiger partial charge in [-0.25, -0.2) is 0 Å². The summed E-state index contributed by atoms with van der Waals surface area (Å²) >= 11 is 1.38. The minimum Gasteiger partial charge on any atom is -0.378 e. The molecule has 2 aromatic rings. The summed E-state index contributed by atoms with van der Waals surface area (Å²) in [6.07, 6.45) is 1.58. The first kappa shape index (κ1) is 14.9. The molecule has 2 rings (SSSR count). The molecule has 0 atom stereocenters. The van der Waals surface area contributed by atoms with Crippen molar-refractivity contribution < 1.29 is 9.26 Å². The average molecular weight is 296 g/mol. The maximum atomic E-state index is 5.63. The molecular formula is C13H20N4O2S. The zero-order valence-corrected chi connectivity index (χ0v) is 13.3. The van der Waals surface area contributed by atoms with Crippen molar-refractivity contribution in [3.63, 3.8) is 0 Å². The van der Waals surface area contributed by atoms with Crippen molar-refractivity contribution in [1.29, 1.82) is 0 Å². The summed E-state index contributed by atoms with van der Waals surface area (Å²) in [5.41, 5.74) is 1.26. The topological polar surface area (TPSA) is 73.1 Å². The first-order valence-corrected chi connectivity index (χ1v) is 7.42. The van der Waals surface area contributed by atoms with Gasteiger partial charge in [-0.1, -0.05) is 19.0 Å². The second-order valence-electron chi connectivity index (χ2n) is 4.55. The molecule has 0 bridgehead atoms. The van der Waals surface area contributed by atoms with Gasteiger partial charge < -0.3 is 14.6 Å². The fourth-order valence-corrected chi connectivity index (χ4v) is 2.99. The normalized spacial score (nSPS) is 11.8. The van der Waals surface area contributed by atoms with Gasteiger partial charge in [0.25, 0.3) is 5.89 Å². The lowest BCUT2D eigenvalue weighted by Gasteiger charge is -2.25. The number of ether oxygens (including phenoxy) is 1. The third kappa shape index (κ3) is 2.31. The molecule has 6 nitrogen and oxygen atoms in total. The van der Waals surface area contributed by atoms with E-state index in [1.807, 2.05) is 14.0 Å². The van der Waals surface area contributed by atoms with Crippen LogP contribution in [0.1, 0.15) is 38.2 Å². The van der Waals surface area contributed by atoms with E-state index in [4.69, 9.17) is 9.26 Å². The van der Waals surface area contributed by atoms with E-state index in [0.29, 0.717) is 11.7 Å². The van der Waals surface area contributed by atoms with Crippen molar-refractivity contribution in [1.82, 2.24) is 14.5 Å². The molecular weight excluding hydrogens is 276 g/mol. The predicted octanol–water partition coefficient (Wildman–Crippen LogP) is 3.20. The monoisotopic (exact) mass is 296 g/mol. The number of methoxy groups -OCH3 is 1. The number of hydrogen-bond donors (Lipinski definition) is 1. The van der Waals surface area contributed by atoms with E-state index < -0.39 is 5.60 Å². The Morgan fingerprint density at radius 2 is 2.05 bits per heavy atom. The Morgan fingerprint density at radius 3 is 2.60 bits per heavy atom. The molecule has 0 aromatic carbocycles. The standard InChI is InChI=1S/C13H20N4O2S/c1-6-13(7-2,18-5)12-15-10(19-16-12)9-8(3)17-20-11(9)14-4/h14H,6-7H2,1-5H3. The summed E-state index contributed by atoms with van der Waals surface area (Å²) < 4.78 is 15.4. The van der Waals surface area contributed by atoms with Gasteiger partial charge in [-0.05, 0) is 31.3 Å². The largest absolute Gasteiger partial charge is 0.378 e. The van der Waals surface area contributed by atoms with Gasteiger partial charge in [0.1, 0.15) is 10.6 Å². The molecule has 0 aliphatic heterocycles. The van der Waals surface area contributed by atoms with Crippen LogP contribution in [-0.2, 0) is 10.3 Å². The van der Waals surface area contributed by atoms with Crippen LogP contribution >= 0.6 is 11.5 Å². The van der Waals surface area contributed by atoms with Crippen LogP contribution in [0, 0.1) is 6.92 Å². The lowest BCUT2D eigenvalue weighted by Crippen LogP contribution is -2.28. The Bertz CT molecular complexity index is 566. The molecule has 0 radical (unpaired) electrons. The maximum absolute atomic E-state index is 5.63. The summed E-state index contributed by atoms with van der Waals surface area (Å²) in [6.45, 7) is 6.04. The third-order valence-corrected chi connectivity index (χ3v) is 4.63. The van der Waals surface area contributed by atoms with Gasteiger partial charge in [-0.15, -0.1) is 0 Å². The highest BCUT2D eigenvalue weighted by Gasteiger charge is 2.34. The Labute approximate surface area is 122 Å². The Morgan fingerprint density at radius 1 is 1.35 bits per heavy atom. The van der Waals surface area contributed by atoms with Crippen molar-refractivity contribution >= 4 is 16.5 Å². The molecule has 2 heterocycles. The third-order valence-electron chi connectivity index (χ3n) is 3.67. The van der Waals surface area contributed by atoms with Crippen molar-refractivity contribution in [2.24, 2.45) is 0 Å². The zero-order valence-electron chi connectivity index (χ0n) is 12.5. The number of nitrogens with zero attached hydrogens (tertiary/aromatic N) is 3. The lowest BCUT2D eigenvalue weighted by atomic mass is 9.96. The van der Waals surface area contributed by atoms with Gasteiger partial charge >= 0.3 is 0 Å². The average Bonchev–Trinajstić information content (AvgIpc) is 3.08. The van der Waals surface area contributed by atoms with Gasteiger partial charge in [-0.3, -0.25) is 0 Å². The van der Waals surface area contributed by atoms with E-state index in [1.165, 1.54) is 11.5 Å². The fourth-order valence-electron chi connectivity index (χ4n) is 2.25. The van der Waals surface area contributed by atoms with Crippen LogP contribution in [0.3, 0.4) is 0 Å². The molecule has 0 spiro atoms. The van der Waals surface area contributed by atoms with E-state index >= 15 is 0 Å². The quantitative estimate of drug-likeness (QED) is 0.882. The number of rotatable bonds is 6. The number of hydrogen-bond acceptors (Lipinski definition) is 7. The van der Waals surface area contributed by atoms with Crippen molar-refractivity contribution in [2.45, 2.75) is 39.2 Å². The Kier molecular flexibility index (Phi) is 4.39. The molecule has 0 aliphatic rings. The molecule has 110 valence electrons. The minimum atomic E-state index is -0.487. The second-order valence-corrected chi connectivity index (χ2v) is 5.32. The molecule has 0 aliphatic carbocycles. The first-order valence-electron chi connectivity index (χ1n) is 6.65. The molecule has 0 saturated carbocycles. The molecule has 20 heavy (non-hydrogen) atoms. The van der Waals surface area contributed by atoms with Crippen molar-refractivity contribution in [2.75, 3.05) is 19.5 Å². The number of nitrogens with one attached hydrogen (secondary N) is 1. The predicted molar refractivity (Wildman–Crippen MR) is 79.0 cm³/mol. The zero-order chi connectivity index (χ0) is 14.8. The van der Waals surface area contributed by atoms with Crippen LogP contribution in [0.25, 0.3) is 11.5 Å². The van der Waals surface area contributed by atoms with Gasteiger partial charge in [0.15, 0.2) is 0 Å². The summed E-state index contributed by atoms with van der Waals surface area (Å²) in [5.74, 6) is 1.08. The van der Waals surface area contributed by atoms with Crippen molar-refractivity contribution in [3.8, 4) is 11.5 Å². The molecule has 0 saturated heterocycles. The SMILES string of the molecule is CCC(CC)(OC)c1noc(-c2c(C)nsc2NC)n1. The summed E-state index contributed by atoms with van der Waals surface area (Å²) in [6, 6.07) is 0. The maximum Gasteiger partial charge on any atom is 0.262 e. The molecule has 0 fully saturated rings. The van der Waals surface area contributed by atoms with E-state index in [0.717, 1.165) is 29.1 Å². The molecule has 0 amide bonds. The van der Waals surface area contributed by atoms with Gasteiger partial charge in [-0.2, -0.15) is 9.36 Å². The van der Waals surface area contributed by atoms with Crippen LogP contribution in [0.5, 0.6) is 0 Å². The van der Waals surface area contributed by atoms with Crippen LogP contribution < -0.4 is 5.32 Å². The van der Waals surface area contributed by atoms with Crippen LogP contribution in [-0.4, -0.2) is 28.7 Å². The molecule has 0 unspecified atom stereocenters. The van der Waals surface area contributed by atoms with Crippen molar-refractivity contribution in [3.05, 3.63) is 11.5 Å². The molecule has 7 heteroatoms. The van der Waals surface area contributed by atoms with Crippen LogP contribution in [0.2, 0.25) is 0 Å². The van der Waals surface area contributed by atoms with E-state index in [-0.39, 0.29) is 0 Å².